The molecule has 4 heteroatoms. The number of hydrogen-bond acceptors (Lipinski definition) is 1. The minimum atomic E-state index is -0.592. The van der Waals surface area contributed by atoms with Gasteiger partial charge in [0.25, 0.3) is 0 Å². The predicted octanol–water partition coefficient (Wildman–Crippen LogP) is 2.93. The third kappa shape index (κ3) is 2.18. The van der Waals surface area contributed by atoms with Crippen molar-refractivity contribution < 1.29 is 9.18 Å². The van der Waals surface area contributed by atoms with Crippen molar-refractivity contribution in [3.05, 3.63) is 29.6 Å². The van der Waals surface area contributed by atoms with Gasteiger partial charge < -0.3 is 4.90 Å². The van der Waals surface area contributed by atoms with E-state index in [1.165, 1.54) is 24.1 Å². The third-order valence-electron chi connectivity index (χ3n) is 1.79. The fraction of sp³-hybridized carbons (Fsp3) is 0.222. The Balaban J connectivity index is 3.03. The van der Waals surface area contributed by atoms with Gasteiger partial charge >= 0.3 is 5.37 Å². The van der Waals surface area contributed by atoms with Crippen molar-refractivity contribution in [1.82, 2.24) is 0 Å². The molecular weight excluding hydrogens is 193 g/mol. The third-order valence-corrected chi connectivity index (χ3v) is 2.05. The zero-order chi connectivity index (χ0) is 10.0. The lowest BCUT2D eigenvalue weighted by atomic mass is 10.2. The van der Waals surface area contributed by atoms with Crippen molar-refractivity contribution in [2.75, 3.05) is 11.9 Å². The average Bonchev–Trinajstić information content (AvgIpc) is 2.08. The summed E-state index contributed by atoms with van der Waals surface area (Å²) in [6.07, 6.45) is 0. The lowest BCUT2D eigenvalue weighted by Gasteiger charge is -2.13. The summed E-state index contributed by atoms with van der Waals surface area (Å²) in [4.78, 5) is 12.0. The summed E-state index contributed by atoms with van der Waals surface area (Å²) in [6, 6.07) is 4.37. The first-order chi connectivity index (χ1) is 6.02. The van der Waals surface area contributed by atoms with E-state index in [1.807, 2.05) is 0 Å². The molecule has 13 heavy (non-hydrogen) atoms. The minimum Gasteiger partial charge on any atom is -0.302 e. The molecule has 0 N–H and O–H groups in total. The molecule has 0 aromatic heterocycles. The Morgan fingerprint density at radius 3 is 2.62 bits per heavy atom. The molecular formula is C9H9ClFNO. The van der Waals surface area contributed by atoms with Crippen molar-refractivity contribution in [2.24, 2.45) is 0 Å². The lowest BCUT2D eigenvalue weighted by molar-refractivity contribution is 0.265. The molecule has 1 aromatic rings. The Labute approximate surface area is 80.9 Å². The van der Waals surface area contributed by atoms with E-state index >= 15 is 0 Å². The molecule has 0 spiro atoms. The summed E-state index contributed by atoms with van der Waals surface area (Å²) in [5.74, 6) is -0.292. The van der Waals surface area contributed by atoms with E-state index in [1.54, 1.807) is 13.0 Å². The first-order valence-corrected chi connectivity index (χ1v) is 4.09. The number of halogens is 2. The zero-order valence-electron chi connectivity index (χ0n) is 7.34. The molecule has 0 saturated heterocycles. The van der Waals surface area contributed by atoms with Crippen LogP contribution in [0.15, 0.2) is 18.2 Å². The number of rotatable bonds is 1. The number of hydrogen-bond donors (Lipinski definition) is 0. The molecule has 0 heterocycles. The van der Waals surface area contributed by atoms with Crippen LogP contribution in [0.25, 0.3) is 0 Å². The standard InChI is InChI=1S/C9H9ClFNO/c1-6-5-7(3-4-8(6)11)12(2)9(10)13/h3-5H,1-2H3. The highest BCUT2D eigenvalue weighted by Crippen LogP contribution is 2.18. The average molecular weight is 202 g/mol. The van der Waals surface area contributed by atoms with Gasteiger partial charge in [-0.15, -0.1) is 0 Å². The Kier molecular flexibility index (Phi) is 2.88. The number of aryl methyl sites for hydroxylation is 1. The van der Waals surface area contributed by atoms with Gasteiger partial charge in [-0.25, -0.2) is 4.39 Å². The molecule has 70 valence electrons. The molecule has 0 fully saturated rings. The molecule has 1 aromatic carbocycles. The van der Waals surface area contributed by atoms with Gasteiger partial charge in [0.15, 0.2) is 0 Å². The van der Waals surface area contributed by atoms with Gasteiger partial charge in [-0.1, -0.05) is 0 Å². The van der Waals surface area contributed by atoms with Crippen molar-refractivity contribution >= 4 is 22.7 Å². The summed E-state index contributed by atoms with van der Waals surface area (Å²) in [5.41, 5.74) is 1.07. The van der Waals surface area contributed by atoms with Crippen LogP contribution in [0.2, 0.25) is 0 Å². The van der Waals surface area contributed by atoms with Crippen molar-refractivity contribution in [3.63, 3.8) is 0 Å². The Hall–Kier alpha value is -1.09. The van der Waals surface area contributed by atoms with Gasteiger partial charge in [0.05, 0.1) is 0 Å². The molecule has 0 aliphatic rings. The van der Waals surface area contributed by atoms with Crippen LogP contribution in [-0.4, -0.2) is 12.4 Å². The van der Waals surface area contributed by atoms with Crippen LogP contribution in [-0.2, 0) is 0 Å². The number of anilines is 1. The second-order valence-corrected chi connectivity index (χ2v) is 3.07. The minimum absolute atomic E-state index is 0.292. The molecule has 0 saturated carbocycles. The summed E-state index contributed by atoms with van der Waals surface area (Å²) >= 11 is 5.25. The van der Waals surface area contributed by atoms with E-state index in [0.29, 0.717) is 11.3 Å². The number of amides is 1. The first-order valence-electron chi connectivity index (χ1n) is 3.71. The van der Waals surface area contributed by atoms with Crippen LogP contribution < -0.4 is 4.90 Å². The second-order valence-electron chi connectivity index (χ2n) is 2.75. The summed E-state index contributed by atoms with van der Waals surface area (Å²) in [7, 11) is 1.53. The van der Waals surface area contributed by atoms with Crippen molar-refractivity contribution in [1.29, 1.82) is 0 Å². The van der Waals surface area contributed by atoms with Crippen LogP contribution in [0.5, 0.6) is 0 Å². The van der Waals surface area contributed by atoms with Crippen molar-refractivity contribution in [2.45, 2.75) is 6.92 Å². The van der Waals surface area contributed by atoms with Gasteiger partial charge in [0.2, 0.25) is 0 Å². The van der Waals surface area contributed by atoms with Crippen LogP contribution in [0.3, 0.4) is 0 Å². The molecule has 0 aliphatic heterocycles. The highest BCUT2D eigenvalue weighted by molar-refractivity contribution is 6.66. The maximum Gasteiger partial charge on any atom is 0.320 e. The molecule has 0 radical (unpaired) electrons. The Bertz CT molecular complexity index is 340. The predicted molar refractivity (Wildman–Crippen MR) is 50.8 cm³/mol. The maximum atomic E-state index is 12.8. The highest BCUT2D eigenvalue weighted by Gasteiger charge is 2.08. The number of carbonyl (C=O) groups excluding carboxylic acids is 1. The van der Waals surface area contributed by atoms with Gasteiger partial charge in [-0.2, -0.15) is 0 Å². The molecule has 2 nitrogen and oxygen atoms in total. The van der Waals surface area contributed by atoms with Gasteiger partial charge in [-0.3, -0.25) is 4.79 Å². The molecule has 0 aliphatic carbocycles. The smallest absolute Gasteiger partial charge is 0.302 e. The van der Waals surface area contributed by atoms with Crippen molar-refractivity contribution in [3.8, 4) is 0 Å². The molecule has 0 bridgehead atoms. The Morgan fingerprint density at radius 2 is 2.15 bits per heavy atom. The normalized spacial score (nSPS) is 9.85. The van der Waals surface area contributed by atoms with Crippen LogP contribution >= 0.6 is 11.6 Å². The Morgan fingerprint density at radius 1 is 1.54 bits per heavy atom. The van der Waals surface area contributed by atoms with E-state index < -0.39 is 5.37 Å². The van der Waals surface area contributed by atoms with Crippen LogP contribution in [0.4, 0.5) is 14.9 Å². The molecule has 1 rings (SSSR count). The highest BCUT2D eigenvalue weighted by atomic mass is 35.5. The fourth-order valence-corrected chi connectivity index (χ4v) is 1.04. The van der Waals surface area contributed by atoms with E-state index in [0.717, 1.165) is 0 Å². The van der Waals surface area contributed by atoms with Gasteiger partial charge in [0, 0.05) is 12.7 Å². The lowest BCUT2D eigenvalue weighted by Crippen LogP contribution is -2.19. The van der Waals surface area contributed by atoms with Crippen LogP contribution in [0, 0.1) is 12.7 Å². The topological polar surface area (TPSA) is 20.3 Å². The quantitative estimate of drug-likeness (QED) is 0.505. The SMILES string of the molecule is Cc1cc(N(C)C(=O)Cl)ccc1F. The van der Waals surface area contributed by atoms with E-state index in [4.69, 9.17) is 11.6 Å². The molecule has 1 amide bonds. The van der Waals surface area contributed by atoms with Gasteiger partial charge in [0.1, 0.15) is 5.82 Å². The fourth-order valence-electron chi connectivity index (χ4n) is 0.939. The summed E-state index contributed by atoms with van der Waals surface area (Å²) in [5, 5.41) is -0.592. The molecule has 0 unspecified atom stereocenters. The largest absolute Gasteiger partial charge is 0.320 e. The number of nitrogens with zero attached hydrogens (tertiary/aromatic N) is 1. The summed E-state index contributed by atoms with van der Waals surface area (Å²) < 4.78 is 12.8. The second kappa shape index (κ2) is 3.75. The first kappa shape index (κ1) is 9.99. The van der Waals surface area contributed by atoms with E-state index in [-0.39, 0.29) is 5.82 Å². The van der Waals surface area contributed by atoms with Crippen LogP contribution in [0.1, 0.15) is 5.56 Å². The maximum absolute atomic E-state index is 12.8. The molecule has 0 atom stereocenters. The van der Waals surface area contributed by atoms with E-state index in [9.17, 15) is 9.18 Å². The van der Waals surface area contributed by atoms with E-state index in [2.05, 4.69) is 0 Å². The summed E-state index contributed by atoms with van der Waals surface area (Å²) in [6.45, 7) is 1.63. The van der Waals surface area contributed by atoms with Gasteiger partial charge in [-0.05, 0) is 42.3 Å². The monoisotopic (exact) mass is 201 g/mol. The number of benzene rings is 1. The number of carbonyl (C=O) groups is 1. The zero-order valence-corrected chi connectivity index (χ0v) is 8.10.